The van der Waals surface area contributed by atoms with Crippen molar-refractivity contribution >= 4 is 33.3 Å². The molecule has 1 aromatic rings. The van der Waals surface area contributed by atoms with Crippen LogP contribution >= 0.6 is 27.5 Å². The molecule has 0 heterocycles. The van der Waals surface area contributed by atoms with Crippen LogP contribution in [0.3, 0.4) is 0 Å². The van der Waals surface area contributed by atoms with Gasteiger partial charge in [-0.1, -0.05) is 33.6 Å². The monoisotopic (exact) mass is 304 g/mol. The molecular formula is C12H14BrClO2. The van der Waals surface area contributed by atoms with E-state index in [0.29, 0.717) is 16.1 Å². The van der Waals surface area contributed by atoms with E-state index in [1.54, 1.807) is 13.2 Å². The third kappa shape index (κ3) is 2.58. The first kappa shape index (κ1) is 13.5. The van der Waals surface area contributed by atoms with Crippen LogP contribution < -0.4 is 4.74 Å². The van der Waals surface area contributed by atoms with Crippen LogP contribution in [0.15, 0.2) is 18.2 Å². The highest BCUT2D eigenvalue weighted by atomic mass is 79.9. The summed E-state index contributed by atoms with van der Waals surface area (Å²) < 4.78 is 5.14. The lowest BCUT2D eigenvalue weighted by Crippen LogP contribution is -2.29. The number of ketones is 1. The van der Waals surface area contributed by atoms with Gasteiger partial charge in [-0.2, -0.15) is 0 Å². The maximum absolute atomic E-state index is 11.8. The predicted octanol–water partition coefficient (Wildman–Crippen LogP) is 3.59. The van der Waals surface area contributed by atoms with Gasteiger partial charge in [-0.3, -0.25) is 4.79 Å². The molecule has 0 saturated carbocycles. The van der Waals surface area contributed by atoms with Gasteiger partial charge >= 0.3 is 0 Å². The van der Waals surface area contributed by atoms with Crippen molar-refractivity contribution in [3.8, 4) is 5.75 Å². The number of methoxy groups -OCH3 is 1. The fourth-order valence-corrected chi connectivity index (χ4v) is 2.27. The molecule has 0 unspecified atom stereocenters. The molecule has 0 radical (unpaired) electrons. The minimum Gasteiger partial charge on any atom is -0.495 e. The molecule has 16 heavy (non-hydrogen) atoms. The van der Waals surface area contributed by atoms with Crippen LogP contribution in [0, 0.1) is 0 Å². The molecule has 1 aromatic carbocycles. The second kappa shape index (κ2) is 5.19. The lowest BCUT2D eigenvalue weighted by molar-refractivity contribution is -0.120. The number of benzene rings is 1. The number of hydrogen-bond donors (Lipinski definition) is 0. The molecule has 0 bridgehead atoms. The highest BCUT2D eigenvalue weighted by Gasteiger charge is 2.29. The smallest absolute Gasteiger partial charge is 0.153 e. The first-order valence-electron chi connectivity index (χ1n) is 4.86. The van der Waals surface area contributed by atoms with E-state index in [1.807, 2.05) is 26.0 Å². The van der Waals surface area contributed by atoms with Gasteiger partial charge in [-0.25, -0.2) is 0 Å². The maximum Gasteiger partial charge on any atom is 0.153 e. The fourth-order valence-electron chi connectivity index (χ4n) is 1.38. The van der Waals surface area contributed by atoms with Crippen LogP contribution in [0.1, 0.15) is 19.4 Å². The van der Waals surface area contributed by atoms with Crippen LogP contribution in [-0.2, 0) is 10.2 Å². The summed E-state index contributed by atoms with van der Waals surface area (Å²) in [5.41, 5.74) is 0.361. The molecule has 4 heteroatoms. The molecule has 0 aliphatic carbocycles. The number of Topliss-reactive ketones (excluding diaryl/α,β-unsaturated/α-hetero) is 1. The van der Waals surface area contributed by atoms with Gasteiger partial charge in [0, 0.05) is 5.41 Å². The summed E-state index contributed by atoms with van der Waals surface area (Å²) in [5, 5.41) is 0.888. The number of hydrogen-bond acceptors (Lipinski definition) is 2. The number of rotatable bonds is 4. The Balaban J connectivity index is 3.18. The van der Waals surface area contributed by atoms with Crippen molar-refractivity contribution in [3.05, 3.63) is 28.8 Å². The maximum atomic E-state index is 11.8. The van der Waals surface area contributed by atoms with Gasteiger partial charge in [-0.05, 0) is 31.5 Å². The van der Waals surface area contributed by atoms with Crippen LogP contribution in [0.2, 0.25) is 5.02 Å². The highest BCUT2D eigenvalue weighted by Crippen LogP contribution is 2.32. The highest BCUT2D eigenvalue weighted by molar-refractivity contribution is 9.09. The average Bonchev–Trinajstić information content (AvgIpc) is 2.28. The normalized spacial score (nSPS) is 11.3. The summed E-state index contributed by atoms with van der Waals surface area (Å²) in [6.45, 7) is 3.78. The Morgan fingerprint density at radius 1 is 1.50 bits per heavy atom. The molecule has 88 valence electrons. The summed E-state index contributed by atoms with van der Waals surface area (Å²) in [7, 11) is 1.56. The zero-order chi connectivity index (χ0) is 12.3. The van der Waals surface area contributed by atoms with E-state index < -0.39 is 5.41 Å². The minimum absolute atomic E-state index is 0.122. The molecule has 0 fully saturated rings. The number of halogens is 2. The van der Waals surface area contributed by atoms with Crippen molar-refractivity contribution in [1.82, 2.24) is 0 Å². The zero-order valence-electron chi connectivity index (χ0n) is 9.51. The molecule has 0 saturated heterocycles. The topological polar surface area (TPSA) is 26.3 Å². The van der Waals surface area contributed by atoms with Crippen molar-refractivity contribution < 1.29 is 9.53 Å². The Labute approximate surface area is 109 Å². The van der Waals surface area contributed by atoms with Crippen LogP contribution in [-0.4, -0.2) is 18.2 Å². The van der Waals surface area contributed by atoms with Crippen molar-refractivity contribution in [3.63, 3.8) is 0 Å². The van der Waals surface area contributed by atoms with E-state index in [9.17, 15) is 4.79 Å². The van der Waals surface area contributed by atoms with E-state index in [0.717, 1.165) is 5.56 Å². The van der Waals surface area contributed by atoms with E-state index in [2.05, 4.69) is 15.9 Å². The SMILES string of the molecule is COc1cc(C(C)(C)C(=O)CBr)ccc1Cl. The number of ether oxygens (including phenoxy) is 1. The molecular weight excluding hydrogens is 291 g/mol. The van der Waals surface area contributed by atoms with Crippen molar-refractivity contribution in [1.29, 1.82) is 0 Å². The Bertz CT molecular complexity index is 402. The van der Waals surface area contributed by atoms with Gasteiger partial charge in [0.05, 0.1) is 17.5 Å². The van der Waals surface area contributed by atoms with Gasteiger partial charge in [-0.15, -0.1) is 0 Å². The minimum atomic E-state index is -0.540. The number of carbonyl (C=O) groups is 1. The van der Waals surface area contributed by atoms with Crippen LogP contribution in [0.4, 0.5) is 0 Å². The van der Waals surface area contributed by atoms with E-state index in [1.165, 1.54) is 0 Å². The van der Waals surface area contributed by atoms with Gasteiger partial charge < -0.3 is 4.74 Å². The summed E-state index contributed by atoms with van der Waals surface area (Å²) in [6, 6.07) is 5.41. The zero-order valence-corrected chi connectivity index (χ0v) is 11.9. The molecule has 0 N–H and O–H groups in total. The Morgan fingerprint density at radius 3 is 2.62 bits per heavy atom. The van der Waals surface area contributed by atoms with Crippen molar-refractivity contribution in [2.75, 3.05) is 12.4 Å². The predicted molar refractivity (Wildman–Crippen MR) is 69.8 cm³/mol. The second-order valence-electron chi connectivity index (χ2n) is 4.03. The lowest BCUT2D eigenvalue weighted by Gasteiger charge is -2.23. The van der Waals surface area contributed by atoms with Crippen LogP contribution in [0.25, 0.3) is 0 Å². The number of alkyl halides is 1. The summed E-state index contributed by atoms with van der Waals surface area (Å²) in [4.78, 5) is 11.8. The van der Waals surface area contributed by atoms with E-state index in [4.69, 9.17) is 16.3 Å². The molecule has 0 atom stereocenters. The first-order chi connectivity index (χ1) is 7.43. The molecule has 0 aliphatic heterocycles. The quantitative estimate of drug-likeness (QED) is 0.795. The van der Waals surface area contributed by atoms with Gasteiger partial charge in [0.25, 0.3) is 0 Å². The van der Waals surface area contributed by atoms with Crippen molar-refractivity contribution in [2.24, 2.45) is 0 Å². The molecule has 0 spiro atoms. The lowest BCUT2D eigenvalue weighted by atomic mass is 9.81. The fraction of sp³-hybridized carbons (Fsp3) is 0.417. The standard InChI is InChI=1S/C12H14BrClO2/c1-12(2,11(15)7-13)8-4-5-9(14)10(6-8)16-3/h4-6H,7H2,1-3H3. The summed E-state index contributed by atoms with van der Waals surface area (Å²) in [5.74, 6) is 0.714. The Hall–Kier alpha value is -0.540. The Morgan fingerprint density at radius 2 is 2.12 bits per heavy atom. The molecule has 0 aromatic heterocycles. The third-order valence-electron chi connectivity index (χ3n) is 2.69. The van der Waals surface area contributed by atoms with Gasteiger partial charge in [0.1, 0.15) is 5.75 Å². The van der Waals surface area contributed by atoms with E-state index in [-0.39, 0.29) is 5.78 Å². The summed E-state index contributed by atoms with van der Waals surface area (Å²) >= 11 is 9.13. The van der Waals surface area contributed by atoms with Crippen LogP contribution in [0.5, 0.6) is 5.75 Å². The van der Waals surface area contributed by atoms with Gasteiger partial charge in [0.2, 0.25) is 0 Å². The van der Waals surface area contributed by atoms with Crippen molar-refractivity contribution in [2.45, 2.75) is 19.3 Å². The molecule has 2 nitrogen and oxygen atoms in total. The second-order valence-corrected chi connectivity index (χ2v) is 5.00. The number of carbonyl (C=O) groups excluding carboxylic acids is 1. The molecule has 1 rings (SSSR count). The average molecular weight is 306 g/mol. The van der Waals surface area contributed by atoms with Gasteiger partial charge in [0.15, 0.2) is 5.78 Å². The van der Waals surface area contributed by atoms with E-state index >= 15 is 0 Å². The summed E-state index contributed by atoms with van der Waals surface area (Å²) in [6.07, 6.45) is 0. The molecule has 0 amide bonds. The Kier molecular flexibility index (Phi) is 4.39. The first-order valence-corrected chi connectivity index (χ1v) is 6.36. The largest absolute Gasteiger partial charge is 0.495 e. The third-order valence-corrected chi connectivity index (χ3v) is 3.51. The molecule has 0 aliphatic rings.